The molecule has 0 fully saturated rings. The van der Waals surface area contributed by atoms with Gasteiger partial charge in [-0.15, -0.1) is 0 Å². The molecule has 0 atom stereocenters. The number of benzene rings is 2. The highest BCUT2D eigenvalue weighted by Crippen LogP contribution is 2.33. The van der Waals surface area contributed by atoms with Crippen LogP contribution in [0.4, 0.5) is 21.5 Å². The van der Waals surface area contributed by atoms with E-state index in [-0.39, 0.29) is 0 Å². The summed E-state index contributed by atoms with van der Waals surface area (Å²) < 4.78 is 12.9. The minimum absolute atomic E-state index is 0.313. The summed E-state index contributed by atoms with van der Waals surface area (Å²) in [5, 5.41) is 0. The third-order valence-electron chi connectivity index (χ3n) is 3.58. The molecule has 0 spiro atoms. The Morgan fingerprint density at radius 3 is 2.17 bits per heavy atom. The van der Waals surface area contributed by atoms with Crippen LogP contribution in [0.3, 0.4) is 0 Å². The molecule has 0 saturated heterocycles. The molecule has 1 aromatic heterocycles. The van der Waals surface area contributed by atoms with E-state index in [1.165, 1.54) is 11.1 Å². The highest BCUT2D eigenvalue weighted by Gasteiger charge is 2.14. The third kappa shape index (κ3) is 3.42. The number of hydrogen-bond acceptors (Lipinski definition) is 2. The van der Waals surface area contributed by atoms with Crippen molar-refractivity contribution in [2.24, 2.45) is 0 Å². The van der Waals surface area contributed by atoms with E-state index in [0.717, 1.165) is 11.4 Å². The largest absolute Gasteiger partial charge is 0.411 e. The molecule has 0 amide bonds. The van der Waals surface area contributed by atoms with Gasteiger partial charge in [-0.1, -0.05) is 30.3 Å². The summed E-state index contributed by atoms with van der Waals surface area (Å²) in [6.45, 7) is 4.14. The summed E-state index contributed by atoms with van der Waals surface area (Å²) in [6.07, 6.45) is 0. The zero-order valence-corrected chi connectivity index (χ0v) is 13.2. The Balaban J connectivity index is 2.17. The van der Waals surface area contributed by atoms with Gasteiger partial charge in [-0.25, -0.2) is 4.98 Å². The summed E-state index contributed by atoms with van der Waals surface area (Å²) in [5.74, 6) is 0.688. The summed E-state index contributed by atoms with van der Waals surface area (Å²) in [5.41, 5.74) is 4.66. The predicted molar refractivity (Wildman–Crippen MR) is 94.9 cm³/mol. The molecule has 0 unspecified atom stereocenters. The molecule has 113 valence electrons. The van der Waals surface area contributed by atoms with Crippen LogP contribution in [0, 0.1) is 13.8 Å². The molecule has 1 heterocycles. The second kappa shape index (κ2) is 6.65. The SMILES string of the molecule is Cc1cc(C)cc(N(c2ccccc2)c2cccc([B]F)n2)c1. The lowest BCUT2D eigenvalue weighted by Gasteiger charge is -2.25. The van der Waals surface area contributed by atoms with Crippen LogP contribution in [0.2, 0.25) is 0 Å². The monoisotopic (exact) mass is 303 g/mol. The second-order valence-electron chi connectivity index (χ2n) is 5.55. The quantitative estimate of drug-likeness (QED) is 0.665. The molecule has 0 aliphatic heterocycles. The number of hydrogen-bond donors (Lipinski definition) is 0. The topological polar surface area (TPSA) is 16.1 Å². The average Bonchev–Trinajstić information content (AvgIpc) is 2.55. The lowest BCUT2D eigenvalue weighted by Crippen LogP contribution is -2.19. The zero-order chi connectivity index (χ0) is 16.2. The fraction of sp³-hybridized carbons (Fsp3) is 0.105. The van der Waals surface area contributed by atoms with E-state index < -0.39 is 0 Å². The Morgan fingerprint density at radius 1 is 0.826 bits per heavy atom. The van der Waals surface area contributed by atoms with Crippen LogP contribution in [0.25, 0.3) is 0 Å². The molecular formula is C19H17BFN2. The van der Waals surface area contributed by atoms with Gasteiger partial charge < -0.3 is 4.32 Å². The van der Waals surface area contributed by atoms with Crippen LogP contribution in [0.15, 0.2) is 66.7 Å². The van der Waals surface area contributed by atoms with Crippen molar-refractivity contribution in [3.05, 3.63) is 77.9 Å². The Kier molecular flexibility index (Phi) is 4.42. The molecule has 0 aliphatic rings. The molecule has 2 aromatic carbocycles. The molecule has 23 heavy (non-hydrogen) atoms. The van der Waals surface area contributed by atoms with Crippen molar-refractivity contribution in [1.29, 1.82) is 0 Å². The molecule has 2 nitrogen and oxygen atoms in total. The number of nitrogens with zero attached hydrogens (tertiary/aromatic N) is 2. The standard InChI is InChI=1S/C19H17BFN2/c1-14-11-15(2)13-17(12-14)23(16-7-4-3-5-8-16)19-10-6-9-18(20-21)22-19/h3-13H,1-2H3. The van der Waals surface area contributed by atoms with E-state index in [1.54, 1.807) is 6.07 Å². The lowest BCUT2D eigenvalue weighted by molar-refractivity contribution is 0.881. The lowest BCUT2D eigenvalue weighted by atomic mass is 9.98. The highest BCUT2D eigenvalue weighted by molar-refractivity contribution is 6.44. The van der Waals surface area contributed by atoms with Crippen LogP contribution < -0.4 is 10.5 Å². The molecule has 0 aliphatic carbocycles. The number of halogens is 1. The summed E-state index contributed by atoms with van der Waals surface area (Å²) in [6, 6.07) is 21.7. The number of pyridine rings is 1. The van der Waals surface area contributed by atoms with Gasteiger partial charge in [0.25, 0.3) is 0 Å². The van der Waals surface area contributed by atoms with E-state index in [1.807, 2.05) is 47.4 Å². The number of aromatic nitrogens is 1. The van der Waals surface area contributed by atoms with Gasteiger partial charge in [0.05, 0.1) is 0 Å². The summed E-state index contributed by atoms with van der Waals surface area (Å²) in [4.78, 5) is 6.43. The van der Waals surface area contributed by atoms with E-state index in [2.05, 4.69) is 37.0 Å². The molecule has 3 aromatic rings. The van der Waals surface area contributed by atoms with Crippen LogP contribution in [-0.4, -0.2) is 12.5 Å². The van der Waals surface area contributed by atoms with Gasteiger partial charge in [0.2, 0.25) is 0 Å². The van der Waals surface area contributed by atoms with E-state index in [0.29, 0.717) is 19.0 Å². The highest BCUT2D eigenvalue weighted by atomic mass is 19.1. The van der Waals surface area contributed by atoms with Crippen molar-refractivity contribution in [3.8, 4) is 0 Å². The van der Waals surface area contributed by atoms with Gasteiger partial charge >= 0.3 is 7.56 Å². The fourth-order valence-corrected chi connectivity index (χ4v) is 2.70. The van der Waals surface area contributed by atoms with Gasteiger partial charge in [-0.05, 0) is 61.4 Å². The summed E-state index contributed by atoms with van der Waals surface area (Å²) >= 11 is 0. The van der Waals surface area contributed by atoms with Crippen LogP contribution >= 0.6 is 0 Å². The van der Waals surface area contributed by atoms with Crippen molar-refractivity contribution in [3.63, 3.8) is 0 Å². The van der Waals surface area contributed by atoms with Gasteiger partial charge in [0.1, 0.15) is 5.82 Å². The number of para-hydroxylation sites is 1. The first kappa shape index (κ1) is 15.3. The fourth-order valence-electron chi connectivity index (χ4n) is 2.70. The van der Waals surface area contributed by atoms with Crippen molar-refractivity contribution in [2.75, 3.05) is 4.90 Å². The molecule has 0 saturated carbocycles. The number of aryl methyl sites for hydroxylation is 2. The molecule has 0 N–H and O–H groups in total. The minimum atomic E-state index is 0.313. The molecule has 1 radical (unpaired) electrons. The predicted octanol–water partition coefficient (Wildman–Crippen LogP) is 4.38. The smallest absolute Gasteiger partial charge is 0.333 e. The first-order valence-corrected chi connectivity index (χ1v) is 7.51. The second-order valence-corrected chi connectivity index (χ2v) is 5.55. The Hall–Kier alpha value is -2.62. The Labute approximate surface area is 136 Å². The van der Waals surface area contributed by atoms with Crippen molar-refractivity contribution >= 4 is 30.3 Å². The third-order valence-corrected chi connectivity index (χ3v) is 3.58. The molecular weight excluding hydrogens is 286 g/mol. The van der Waals surface area contributed by atoms with Gasteiger partial charge in [-0.2, -0.15) is 0 Å². The minimum Gasteiger partial charge on any atom is -0.333 e. The number of rotatable bonds is 4. The van der Waals surface area contributed by atoms with Crippen molar-refractivity contribution in [1.82, 2.24) is 4.98 Å². The average molecular weight is 303 g/mol. The maximum Gasteiger partial charge on any atom is 0.411 e. The normalized spacial score (nSPS) is 10.4. The number of anilines is 3. The van der Waals surface area contributed by atoms with Crippen LogP contribution in [0.5, 0.6) is 0 Å². The summed E-state index contributed by atoms with van der Waals surface area (Å²) in [7, 11) is 0.522. The molecule has 0 bridgehead atoms. The zero-order valence-electron chi connectivity index (χ0n) is 13.2. The Bertz CT molecular complexity index is 785. The molecule has 3 rings (SSSR count). The van der Waals surface area contributed by atoms with Crippen molar-refractivity contribution in [2.45, 2.75) is 13.8 Å². The van der Waals surface area contributed by atoms with Crippen molar-refractivity contribution < 1.29 is 4.32 Å². The maximum absolute atomic E-state index is 12.9. The van der Waals surface area contributed by atoms with Crippen LogP contribution in [-0.2, 0) is 0 Å². The van der Waals surface area contributed by atoms with Crippen LogP contribution in [0.1, 0.15) is 11.1 Å². The first-order chi connectivity index (χ1) is 11.2. The maximum atomic E-state index is 12.9. The van der Waals surface area contributed by atoms with Gasteiger partial charge in [0, 0.05) is 17.0 Å². The Morgan fingerprint density at radius 2 is 1.52 bits per heavy atom. The molecule has 4 heteroatoms. The van der Waals surface area contributed by atoms with Gasteiger partial charge in [0.15, 0.2) is 0 Å². The van der Waals surface area contributed by atoms with E-state index >= 15 is 0 Å². The van der Waals surface area contributed by atoms with E-state index in [9.17, 15) is 4.32 Å². The van der Waals surface area contributed by atoms with Gasteiger partial charge in [-0.3, -0.25) is 4.90 Å². The van der Waals surface area contributed by atoms with E-state index in [4.69, 9.17) is 0 Å². The first-order valence-electron chi connectivity index (χ1n) is 7.51.